The molecule has 0 saturated heterocycles. The zero-order valence-electron chi connectivity index (χ0n) is 9.64. The molecule has 6 heteroatoms. The predicted molar refractivity (Wildman–Crippen MR) is 61.8 cm³/mol. The Morgan fingerprint density at radius 3 is 2.76 bits per heavy atom. The third-order valence-corrected chi connectivity index (χ3v) is 2.24. The van der Waals surface area contributed by atoms with Crippen molar-refractivity contribution in [3.8, 4) is 0 Å². The van der Waals surface area contributed by atoms with Crippen molar-refractivity contribution >= 4 is 11.6 Å². The van der Waals surface area contributed by atoms with Crippen molar-refractivity contribution in [1.29, 1.82) is 0 Å². The molecule has 2 N–H and O–H groups in total. The summed E-state index contributed by atoms with van der Waals surface area (Å²) < 4.78 is 0. The molecule has 0 aliphatic heterocycles. The first-order valence-electron chi connectivity index (χ1n) is 5.12. The lowest BCUT2D eigenvalue weighted by Crippen LogP contribution is -2.35. The molecule has 0 aliphatic carbocycles. The summed E-state index contributed by atoms with van der Waals surface area (Å²) in [6.45, 7) is 3.14. The van der Waals surface area contributed by atoms with Gasteiger partial charge in [0, 0.05) is 12.1 Å². The summed E-state index contributed by atoms with van der Waals surface area (Å²) in [6, 6.07) is 3.89. The van der Waals surface area contributed by atoms with Gasteiger partial charge in [-0.25, -0.2) is 0 Å². The lowest BCUT2D eigenvalue weighted by Gasteiger charge is -2.11. The Bertz CT molecular complexity index is 445. The van der Waals surface area contributed by atoms with Gasteiger partial charge in [0.25, 0.3) is 11.6 Å². The van der Waals surface area contributed by atoms with Crippen LogP contribution in [0.25, 0.3) is 0 Å². The van der Waals surface area contributed by atoms with E-state index in [4.69, 9.17) is 5.11 Å². The second-order valence-corrected chi connectivity index (χ2v) is 3.83. The van der Waals surface area contributed by atoms with Crippen molar-refractivity contribution in [2.24, 2.45) is 0 Å². The van der Waals surface area contributed by atoms with E-state index >= 15 is 0 Å². The molecule has 1 aromatic rings. The number of hydrogen-bond acceptors (Lipinski definition) is 4. The minimum atomic E-state index is -0.599. The summed E-state index contributed by atoms with van der Waals surface area (Å²) in [7, 11) is 0. The van der Waals surface area contributed by atoms with Crippen LogP contribution in [0.1, 0.15) is 22.8 Å². The number of carbonyl (C=O) groups excluding carboxylic acids is 1. The zero-order chi connectivity index (χ0) is 13.0. The third-order valence-electron chi connectivity index (χ3n) is 2.24. The highest BCUT2D eigenvalue weighted by Gasteiger charge is 2.20. The molecule has 92 valence electrons. The molecular formula is C11H14N2O4. The summed E-state index contributed by atoms with van der Waals surface area (Å²) in [4.78, 5) is 21.9. The van der Waals surface area contributed by atoms with E-state index in [1.165, 1.54) is 12.1 Å². The van der Waals surface area contributed by atoms with E-state index < -0.39 is 16.9 Å². The maximum atomic E-state index is 11.8. The molecule has 1 aromatic carbocycles. The Kier molecular flexibility index (Phi) is 4.17. The van der Waals surface area contributed by atoms with Crippen LogP contribution in [0.5, 0.6) is 0 Å². The van der Waals surface area contributed by atoms with Crippen LogP contribution >= 0.6 is 0 Å². The quantitative estimate of drug-likeness (QED) is 0.605. The van der Waals surface area contributed by atoms with E-state index in [1.54, 1.807) is 19.9 Å². The van der Waals surface area contributed by atoms with Crippen molar-refractivity contribution in [3.05, 3.63) is 39.4 Å². The van der Waals surface area contributed by atoms with Crippen molar-refractivity contribution in [1.82, 2.24) is 5.32 Å². The third kappa shape index (κ3) is 3.25. The number of carbonyl (C=O) groups is 1. The van der Waals surface area contributed by atoms with E-state index in [-0.39, 0.29) is 17.9 Å². The number of rotatable bonds is 4. The van der Waals surface area contributed by atoms with Crippen LogP contribution in [0.4, 0.5) is 5.69 Å². The van der Waals surface area contributed by atoms with Crippen LogP contribution in [0.15, 0.2) is 18.2 Å². The molecule has 1 amide bonds. The fraction of sp³-hybridized carbons (Fsp3) is 0.364. The van der Waals surface area contributed by atoms with Gasteiger partial charge in [0.1, 0.15) is 5.56 Å². The van der Waals surface area contributed by atoms with Gasteiger partial charge in [-0.1, -0.05) is 6.07 Å². The van der Waals surface area contributed by atoms with Gasteiger partial charge in [-0.05, 0) is 25.5 Å². The van der Waals surface area contributed by atoms with Gasteiger partial charge >= 0.3 is 0 Å². The second-order valence-electron chi connectivity index (χ2n) is 3.83. The first-order chi connectivity index (χ1) is 7.95. The molecule has 0 aliphatic rings. The Balaban J connectivity index is 3.06. The number of nitrogens with zero attached hydrogens (tertiary/aromatic N) is 1. The molecule has 0 heterocycles. The van der Waals surface area contributed by atoms with Crippen molar-refractivity contribution in [3.63, 3.8) is 0 Å². The smallest absolute Gasteiger partial charge is 0.282 e. The van der Waals surface area contributed by atoms with Crippen LogP contribution in [0.3, 0.4) is 0 Å². The number of nitro benzene ring substituents is 1. The highest BCUT2D eigenvalue weighted by Crippen LogP contribution is 2.19. The van der Waals surface area contributed by atoms with Gasteiger partial charge in [0.05, 0.1) is 11.5 Å². The molecule has 0 aromatic heterocycles. The van der Waals surface area contributed by atoms with E-state index in [2.05, 4.69) is 5.32 Å². The molecule has 6 nitrogen and oxygen atoms in total. The summed E-state index contributed by atoms with van der Waals surface area (Å²) in [5.41, 5.74) is 0.533. The summed E-state index contributed by atoms with van der Waals surface area (Å²) in [5, 5.41) is 22.1. The maximum absolute atomic E-state index is 11.8. The number of amides is 1. The Hall–Kier alpha value is -1.95. The molecule has 0 spiro atoms. The Morgan fingerprint density at radius 2 is 2.24 bits per heavy atom. The normalized spacial score (nSPS) is 11.9. The first-order valence-corrected chi connectivity index (χ1v) is 5.12. The minimum Gasteiger partial charge on any atom is -0.394 e. The van der Waals surface area contributed by atoms with E-state index in [9.17, 15) is 14.9 Å². The van der Waals surface area contributed by atoms with Crippen molar-refractivity contribution in [2.75, 3.05) is 6.61 Å². The van der Waals surface area contributed by atoms with E-state index in [0.29, 0.717) is 0 Å². The number of hydrogen-bond donors (Lipinski definition) is 2. The standard InChI is InChI=1S/C11H14N2O4/c1-7-3-4-10(13(16)17)9(5-7)11(15)12-8(2)6-14/h3-5,8,14H,6H2,1-2H3,(H,12,15)/t8-/m0/s1. The van der Waals surface area contributed by atoms with Crippen LogP contribution in [-0.4, -0.2) is 28.6 Å². The summed E-state index contributed by atoms with van der Waals surface area (Å²) in [6.07, 6.45) is 0. The molecule has 0 saturated carbocycles. The topological polar surface area (TPSA) is 92.5 Å². The lowest BCUT2D eigenvalue weighted by molar-refractivity contribution is -0.385. The summed E-state index contributed by atoms with van der Waals surface area (Å²) >= 11 is 0. The lowest BCUT2D eigenvalue weighted by atomic mass is 10.1. The van der Waals surface area contributed by atoms with Gasteiger partial charge in [0.2, 0.25) is 0 Å². The van der Waals surface area contributed by atoms with E-state index in [0.717, 1.165) is 5.56 Å². The summed E-state index contributed by atoms with van der Waals surface area (Å²) in [5.74, 6) is -0.554. The molecule has 1 atom stereocenters. The van der Waals surface area contributed by atoms with Gasteiger partial charge in [0.15, 0.2) is 0 Å². The zero-order valence-corrected chi connectivity index (χ0v) is 9.64. The van der Waals surface area contributed by atoms with Crippen molar-refractivity contribution < 1.29 is 14.8 Å². The number of benzene rings is 1. The predicted octanol–water partition coefficient (Wildman–Crippen LogP) is 1.01. The number of nitrogens with one attached hydrogen (secondary N) is 1. The Morgan fingerprint density at radius 1 is 1.59 bits per heavy atom. The molecule has 17 heavy (non-hydrogen) atoms. The number of aryl methyl sites for hydroxylation is 1. The fourth-order valence-corrected chi connectivity index (χ4v) is 1.34. The maximum Gasteiger partial charge on any atom is 0.282 e. The van der Waals surface area contributed by atoms with Gasteiger partial charge < -0.3 is 10.4 Å². The molecule has 1 rings (SSSR count). The molecular weight excluding hydrogens is 224 g/mol. The van der Waals surface area contributed by atoms with Gasteiger partial charge in [-0.3, -0.25) is 14.9 Å². The molecule has 0 unspecified atom stereocenters. The second kappa shape index (κ2) is 5.40. The minimum absolute atomic E-state index is 0.00954. The van der Waals surface area contributed by atoms with Crippen molar-refractivity contribution in [2.45, 2.75) is 19.9 Å². The molecule has 0 fully saturated rings. The average Bonchev–Trinajstić information content (AvgIpc) is 2.28. The van der Waals surface area contributed by atoms with E-state index in [1.807, 2.05) is 0 Å². The largest absolute Gasteiger partial charge is 0.394 e. The average molecular weight is 238 g/mol. The Labute approximate surface area is 98.4 Å². The van der Waals surface area contributed by atoms with Crippen LogP contribution in [0.2, 0.25) is 0 Å². The SMILES string of the molecule is Cc1ccc([N+](=O)[O-])c(C(=O)N[C@@H](C)CO)c1. The van der Waals surface area contributed by atoms with Gasteiger partial charge in [-0.15, -0.1) is 0 Å². The number of nitro groups is 1. The monoisotopic (exact) mass is 238 g/mol. The van der Waals surface area contributed by atoms with Crippen LogP contribution < -0.4 is 5.32 Å². The first kappa shape index (κ1) is 13.1. The highest BCUT2D eigenvalue weighted by atomic mass is 16.6. The number of aliphatic hydroxyl groups excluding tert-OH is 1. The number of aliphatic hydroxyl groups is 1. The fourth-order valence-electron chi connectivity index (χ4n) is 1.34. The highest BCUT2D eigenvalue weighted by molar-refractivity contribution is 5.98. The van der Waals surface area contributed by atoms with Crippen LogP contribution in [-0.2, 0) is 0 Å². The van der Waals surface area contributed by atoms with Crippen LogP contribution in [0, 0.1) is 17.0 Å². The van der Waals surface area contributed by atoms with Gasteiger partial charge in [-0.2, -0.15) is 0 Å². The molecule has 0 bridgehead atoms. The molecule has 0 radical (unpaired) electrons.